The van der Waals surface area contributed by atoms with Crippen LogP contribution in [0.2, 0.25) is 5.15 Å². The fourth-order valence-corrected chi connectivity index (χ4v) is 2.73. The van der Waals surface area contributed by atoms with Crippen LogP contribution in [0.3, 0.4) is 0 Å². The Morgan fingerprint density at radius 2 is 2.17 bits per heavy atom. The van der Waals surface area contributed by atoms with Crippen molar-refractivity contribution in [1.29, 1.82) is 0 Å². The molecule has 18 heavy (non-hydrogen) atoms. The molecule has 0 aliphatic heterocycles. The highest BCUT2D eigenvalue weighted by Gasteiger charge is 2.11. The van der Waals surface area contributed by atoms with E-state index in [0.29, 0.717) is 18.4 Å². The number of rotatable bonds is 5. The minimum Gasteiger partial charge on any atom is -0.376 e. The van der Waals surface area contributed by atoms with E-state index >= 15 is 0 Å². The number of ether oxygens (including phenoxy) is 1. The Kier molecular flexibility index (Phi) is 4.37. The third kappa shape index (κ3) is 2.91. The van der Waals surface area contributed by atoms with Crippen LogP contribution in [0, 0.1) is 13.8 Å². The summed E-state index contributed by atoms with van der Waals surface area (Å²) in [5, 5.41) is 4.90. The lowest BCUT2D eigenvalue weighted by atomic mass is 10.3. The van der Waals surface area contributed by atoms with Crippen molar-refractivity contribution in [3.05, 3.63) is 32.5 Å². The van der Waals surface area contributed by atoms with E-state index in [1.165, 1.54) is 4.88 Å². The quantitative estimate of drug-likeness (QED) is 0.793. The van der Waals surface area contributed by atoms with Crippen LogP contribution < -0.4 is 0 Å². The molecule has 0 aliphatic rings. The summed E-state index contributed by atoms with van der Waals surface area (Å²) in [4.78, 5) is 5.50. The monoisotopic (exact) mass is 285 g/mol. The predicted octanol–water partition coefficient (Wildman–Crippen LogP) is 2.91. The molecule has 0 aliphatic carbocycles. The van der Waals surface area contributed by atoms with Gasteiger partial charge in [0.15, 0.2) is 0 Å². The van der Waals surface area contributed by atoms with Crippen LogP contribution in [0.4, 0.5) is 0 Å². The summed E-state index contributed by atoms with van der Waals surface area (Å²) >= 11 is 7.80. The first-order chi connectivity index (χ1) is 8.59. The summed E-state index contributed by atoms with van der Waals surface area (Å²) < 4.78 is 7.33. The Morgan fingerprint density at radius 1 is 1.39 bits per heavy atom. The van der Waals surface area contributed by atoms with E-state index in [1.54, 1.807) is 16.0 Å². The Hall–Kier alpha value is -0.910. The molecular formula is C12H16ClN3OS. The number of aromatic nitrogens is 3. The lowest BCUT2D eigenvalue weighted by Gasteiger charge is -2.03. The molecule has 2 aromatic heterocycles. The van der Waals surface area contributed by atoms with Crippen molar-refractivity contribution >= 4 is 22.9 Å². The van der Waals surface area contributed by atoms with E-state index in [9.17, 15) is 0 Å². The van der Waals surface area contributed by atoms with E-state index in [2.05, 4.69) is 10.1 Å². The van der Waals surface area contributed by atoms with Crippen molar-refractivity contribution in [2.24, 2.45) is 7.05 Å². The molecule has 2 rings (SSSR count). The van der Waals surface area contributed by atoms with E-state index in [4.69, 9.17) is 16.3 Å². The molecule has 0 saturated carbocycles. The van der Waals surface area contributed by atoms with Crippen molar-refractivity contribution in [2.75, 3.05) is 6.61 Å². The third-order valence-corrected chi connectivity index (χ3v) is 4.30. The summed E-state index contributed by atoms with van der Waals surface area (Å²) in [6, 6.07) is 0. The molecule has 0 aromatic carbocycles. The zero-order chi connectivity index (χ0) is 13.1. The lowest BCUT2D eigenvalue weighted by Crippen LogP contribution is -2.00. The van der Waals surface area contributed by atoms with Crippen molar-refractivity contribution in [1.82, 2.24) is 14.8 Å². The van der Waals surface area contributed by atoms with Gasteiger partial charge in [-0.25, -0.2) is 4.98 Å². The maximum Gasteiger partial charge on any atom is 0.132 e. The summed E-state index contributed by atoms with van der Waals surface area (Å²) in [6.45, 7) is 5.15. The van der Waals surface area contributed by atoms with Gasteiger partial charge in [0.1, 0.15) is 5.15 Å². The van der Waals surface area contributed by atoms with Crippen LogP contribution in [-0.2, 0) is 24.8 Å². The van der Waals surface area contributed by atoms with Crippen molar-refractivity contribution in [3.63, 3.8) is 0 Å². The molecule has 0 unspecified atom stereocenters. The lowest BCUT2D eigenvalue weighted by molar-refractivity contribution is 0.124. The number of halogens is 1. The van der Waals surface area contributed by atoms with Crippen molar-refractivity contribution in [2.45, 2.75) is 26.9 Å². The number of thiazole rings is 1. The molecule has 0 N–H and O–H groups in total. The Balaban J connectivity index is 1.84. The number of hydrogen-bond acceptors (Lipinski definition) is 4. The molecule has 6 heteroatoms. The largest absolute Gasteiger partial charge is 0.376 e. The van der Waals surface area contributed by atoms with Gasteiger partial charge < -0.3 is 4.74 Å². The second-order valence-corrected chi connectivity index (χ2v) is 5.44. The van der Waals surface area contributed by atoms with Gasteiger partial charge in [-0.05, 0) is 13.8 Å². The van der Waals surface area contributed by atoms with E-state index in [1.807, 2.05) is 26.4 Å². The predicted molar refractivity (Wildman–Crippen MR) is 73.2 cm³/mol. The highest BCUT2D eigenvalue weighted by molar-refractivity contribution is 7.09. The van der Waals surface area contributed by atoms with Gasteiger partial charge in [-0.15, -0.1) is 11.3 Å². The van der Waals surface area contributed by atoms with Gasteiger partial charge in [0.2, 0.25) is 0 Å². The topological polar surface area (TPSA) is 39.9 Å². The van der Waals surface area contributed by atoms with Crippen LogP contribution >= 0.6 is 22.9 Å². The average Bonchev–Trinajstić information content (AvgIpc) is 2.83. The molecule has 0 amide bonds. The second kappa shape index (κ2) is 5.82. The molecule has 0 bridgehead atoms. The Morgan fingerprint density at radius 3 is 2.72 bits per heavy atom. The number of hydrogen-bond donors (Lipinski definition) is 0. The maximum atomic E-state index is 6.13. The highest BCUT2D eigenvalue weighted by atomic mass is 35.5. The summed E-state index contributed by atoms with van der Waals surface area (Å²) in [5.41, 5.74) is 4.86. The number of aryl methyl sites for hydroxylation is 3. The maximum absolute atomic E-state index is 6.13. The minimum atomic E-state index is 0.510. The summed E-state index contributed by atoms with van der Waals surface area (Å²) in [5.74, 6) is 0. The first kappa shape index (κ1) is 13.5. The van der Waals surface area contributed by atoms with Crippen molar-refractivity contribution in [3.8, 4) is 0 Å². The van der Waals surface area contributed by atoms with Crippen molar-refractivity contribution < 1.29 is 4.74 Å². The van der Waals surface area contributed by atoms with Crippen LogP contribution in [0.5, 0.6) is 0 Å². The van der Waals surface area contributed by atoms with Gasteiger partial charge in [-0.2, -0.15) is 5.10 Å². The third-order valence-electron chi connectivity index (χ3n) is 2.83. The molecule has 98 valence electrons. The standard InChI is InChI=1S/C12H16ClN3OS/c1-8-10(12(13)16(3)15-8)6-17-5-4-11-9(2)14-7-18-11/h7H,4-6H2,1-3H3. The first-order valence-corrected chi connectivity index (χ1v) is 7.00. The number of nitrogens with zero attached hydrogens (tertiary/aromatic N) is 3. The van der Waals surface area contributed by atoms with E-state index < -0.39 is 0 Å². The fourth-order valence-electron chi connectivity index (χ4n) is 1.74. The van der Waals surface area contributed by atoms with E-state index in [0.717, 1.165) is 23.4 Å². The molecule has 2 heterocycles. The average molecular weight is 286 g/mol. The van der Waals surface area contributed by atoms with Gasteiger partial charge >= 0.3 is 0 Å². The van der Waals surface area contributed by atoms with Gasteiger partial charge in [-0.1, -0.05) is 11.6 Å². The Labute approximate surface area is 116 Å². The summed E-state index contributed by atoms with van der Waals surface area (Å²) in [7, 11) is 1.83. The smallest absolute Gasteiger partial charge is 0.132 e. The molecule has 0 spiro atoms. The molecule has 0 radical (unpaired) electrons. The first-order valence-electron chi connectivity index (χ1n) is 5.74. The zero-order valence-electron chi connectivity index (χ0n) is 10.7. The second-order valence-electron chi connectivity index (χ2n) is 4.14. The molecule has 2 aromatic rings. The van der Waals surface area contributed by atoms with E-state index in [-0.39, 0.29) is 0 Å². The molecule has 4 nitrogen and oxygen atoms in total. The SMILES string of the molecule is Cc1ncsc1CCOCc1c(C)nn(C)c1Cl. The zero-order valence-corrected chi connectivity index (χ0v) is 12.3. The van der Waals surface area contributed by atoms with Crippen LogP contribution in [0.15, 0.2) is 5.51 Å². The minimum absolute atomic E-state index is 0.510. The highest BCUT2D eigenvalue weighted by Crippen LogP contribution is 2.19. The van der Waals surface area contributed by atoms with Gasteiger partial charge in [-0.3, -0.25) is 4.68 Å². The van der Waals surface area contributed by atoms with Crippen LogP contribution in [0.25, 0.3) is 0 Å². The van der Waals surface area contributed by atoms with Crippen LogP contribution in [-0.4, -0.2) is 21.4 Å². The molecule has 0 saturated heterocycles. The van der Waals surface area contributed by atoms with Gasteiger partial charge in [0, 0.05) is 23.9 Å². The van der Waals surface area contributed by atoms with Gasteiger partial charge in [0.05, 0.1) is 30.1 Å². The molecule has 0 atom stereocenters. The fraction of sp³-hybridized carbons (Fsp3) is 0.500. The Bertz CT molecular complexity index is 535. The van der Waals surface area contributed by atoms with Gasteiger partial charge in [0.25, 0.3) is 0 Å². The summed E-state index contributed by atoms with van der Waals surface area (Å²) in [6.07, 6.45) is 0.896. The normalized spacial score (nSPS) is 11.1. The molecule has 0 fully saturated rings. The van der Waals surface area contributed by atoms with Crippen LogP contribution in [0.1, 0.15) is 21.8 Å². The molecular weight excluding hydrogens is 270 g/mol.